The van der Waals surface area contributed by atoms with Crippen LogP contribution in [-0.2, 0) is 9.53 Å². The van der Waals surface area contributed by atoms with Gasteiger partial charge in [-0.05, 0) is 26.7 Å². The predicted octanol–water partition coefficient (Wildman–Crippen LogP) is 0.0173. The quantitative estimate of drug-likeness (QED) is 0.653. The SMILES string of the molecule is CC1CC(NC(C)C(N)=O)CCO1. The van der Waals surface area contributed by atoms with Crippen LogP contribution in [0.4, 0.5) is 0 Å². The maximum Gasteiger partial charge on any atom is 0.234 e. The minimum Gasteiger partial charge on any atom is -0.378 e. The molecule has 0 aromatic carbocycles. The molecule has 0 bridgehead atoms. The van der Waals surface area contributed by atoms with Gasteiger partial charge in [0.1, 0.15) is 0 Å². The van der Waals surface area contributed by atoms with Gasteiger partial charge in [-0.15, -0.1) is 0 Å². The third-order valence-corrected chi connectivity index (χ3v) is 2.40. The number of carbonyl (C=O) groups is 1. The number of hydrogen-bond donors (Lipinski definition) is 2. The van der Waals surface area contributed by atoms with Crippen LogP contribution in [0.25, 0.3) is 0 Å². The van der Waals surface area contributed by atoms with Crippen molar-refractivity contribution in [2.24, 2.45) is 5.73 Å². The van der Waals surface area contributed by atoms with E-state index in [2.05, 4.69) is 5.32 Å². The lowest BCUT2D eigenvalue weighted by atomic mass is 10.0. The van der Waals surface area contributed by atoms with Crippen molar-refractivity contribution in [2.45, 2.75) is 44.9 Å². The molecule has 1 aliphatic heterocycles. The number of primary amides is 1. The van der Waals surface area contributed by atoms with Crippen LogP contribution in [0.5, 0.6) is 0 Å². The summed E-state index contributed by atoms with van der Waals surface area (Å²) in [5.74, 6) is -0.292. The molecule has 76 valence electrons. The van der Waals surface area contributed by atoms with E-state index in [4.69, 9.17) is 10.5 Å². The van der Waals surface area contributed by atoms with Gasteiger partial charge < -0.3 is 15.8 Å². The molecule has 1 saturated heterocycles. The molecule has 0 saturated carbocycles. The summed E-state index contributed by atoms with van der Waals surface area (Å²) in [6, 6.07) is 0.126. The van der Waals surface area contributed by atoms with Gasteiger partial charge in [0.05, 0.1) is 12.1 Å². The fourth-order valence-electron chi connectivity index (χ4n) is 1.59. The van der Waals surface area contributed by atoms with Crippen molar-refractivity contribution in [3.63, 3.8) is 0 Å². The zero-order valence-electron chi connectivity index (χ0n) is 8.25. The van der Waals surface area contributed by atoms with E-state index < -0.39 is 0 Å². The van der Waals surface area contributed by atoms with E-state index in [0.29, 0.717) is 6.04 Å². The Hall–Kier alpha value is -0.610. The van der Waals surface area contributed by atoms with Crippen LogP contribution in [0.15, 0.2) is 0 Å². The Morgan fingerprint density at radius 1 is 1.69 bits per heavy atom. The maximum absolute atomic E-state index is 10.8. The average Bonchev–Trinajstić information content (AvgIpc) is 2.04. The minimum absolute atomic E-state index is 0.240. The zero-order chi connectivity index (χ0) is 9.84. The third kappa shape index (κ3) is 3.32. The molecule has 1 fully saturated rings. The molecule has 1 heterocycles. The van der Waals surface area contributed by atoms with Crippen molar-refractivity contribution in [2.75, 3.05) is 6.61 Å². The normalized spacial score (nSPS) is 31.2. The second-order valence-electron chi connectivity index (χ2n) is 3.69. The summed E-state index contributed by atoms with van der Waals surface area (Å²) >= 11 is 0. The van der Waals surface area contributed by atoms with Crippen LogP contribution in [0, 0.1) is 0 Å². The van der Waals surface area contributed by atoms with E-state index in [9.17, 15) is 4.79 Å². The number of nitrogens with two attached hydrogens (primary N) is 1. The van der Waals surface area contributed by atoms with Crippen molar-refractivity contribution in [1.29, 1.82) is 0 Å². The van der Waals surface area contributed by atoms with Gasteiger partial charge in [0, 0.05) is 12.6 Å². The lowest BCUT2D eigenvalue weighted by Gasteiger charge is -2.29. The summed E-state index contributed by atoms with van der Waals surface area (Å²) in [7, 11) is 0. The van der Waals surface area contributed by atoms with Crippen LogP contribution in [-0.4, -0.2) is 30.7 Å². The number of rotatable bonds is 3. The monoisotopic (exact) mass is 186 g/mol. The number of carbonyl (C=O) groups excluding carboxylic acids is 1. The number of amides is 1. The molecule has 0 spiro atoms. The molecule has 3 N–H and O–H groups in total. The molecular formula is C9H18N2O2. The first-order valence-electron chi connectivity index (χ1n) is 4.76. The van der Waals surface area contributed by atoms with Crippen LogP contribution < -0.4 is 11.1 Å². The van der Waals surface area contributed by atoms with E-state index in [1.54, 1.807) is 6.92 Å². The smallest absolute Gasteiger partial charge is 0.234 e. The Morgan fingerprint density at radius 2 is 2.38 bits per heavy atom. The summed E-state index contributed by atoms with van der Waals surface area (Å²) in [6.45, 7) is 4.61. The van der Waals surface area contributed by atoms with Gasteiger partial charge in [-0.1, -0.05) is 0 Å². The van der Waals surface area contributed by atoms with Crippen molar-refractivity contribution in [1.82, 2.24) is 5.32 Å². The first-order chi connectivity index (χ1) is 6.09. The fourth-order valence-corrected chi connectivity index (χ4v) is 1.59. The first kappa shape index (κ1) is 10.5. The predicted molar refractivity (Wildman–Crippen MR) is 50.2 cm³/mol. The van der Waals surface area contributed by atoms with E-state index in [1.165, 1.54) is 0 Å². The second-order valence-corrected chi connectivity index (χ2v) is 3.69. The highest BCUT2D eigenvalue weighted by molar-refractivity contribution is 5.79. The first-order valence-corrected chi connectivity index (χ1v) is 4.76. The fraction of sp³-hybridized carbons (Fsp3) is 0.889. The topological polar surface area (TPSA) is 64.3 Å². The molecule has 0 radical (unpaired) electrons. The largest absolute Gasteiger partial charge is 0.378 e. The summed E-state index contributed by atoms with van der Waals surface area (Å²) in [6.07, 6.45) is 2.20. The van der Waals surface area contributed by atoms with Crippen molar-refractivity contribution in [3.05, 3.63) is 0 Å². The van der Waals surface area contributed by atoms with Gasteiger partial charge in [0.25, 0.3) is 0 Å². The van der Waals surface area contributed by atoms with E-state index in [1.807, 2.05) is 6.92 Å². The molecule has 4 nitrogen and oxygen atoms in total. The molecular weight excluding hydrogens is 168 g/mol. The van der Waals surface area contributed by atoms with Gasteiger partial charge in [0.15, 0.2) is 0 Å². The maximum atomic E-state index is 10.8. The van der Waals surface area contributed by atoms with Crippen molar-refractivity contribution in [3.8, 4) is 0 Å². The number of ether oxygens (including phenoxy) is 1. The van der Waals surface area contributed by atoms with Gasteiger partial charge in [-0.25, -0.2) is 0 Å². The highest BCUT2D eigenvalue weighted by Crippen LogP contribution is 2.13. The Kier molecular flexibility index (Phi) is 3.69. The Balaban J connectivity index is 2.31. The van der Waals surface area contributed by atoms with E-state index >= 15 is 0 Å². The third-order valence-electron chi connectivity index (χ3n) is 2.40. The minimum atomic E-state index is -0.292. The van der Waals surface area contributed by atoms with Crippen molar-refractivity contribution < 1.29 is 9.53 Å². The number of hydrogen-bond acceptors (Lipinski definition) is 3. The second kappa shape index (κ2) is 4.58. The Bertz CT molecular complexity index is 184. The van der Waals surface area contributed by atoms with Gasteiger partial charge in [0.2, 0.25) is 5.91 Å². The molecule has 3 unspecified atom stereocenters. The van der Waals surface area contributed by atoms with E-state index in [0.717, 1.165) is 19.4 Å². The molecule has 0 aromatic heterocycles. The van der Waals surface area contributed by atoms with Crippen LogP contribution in [0.1, 0.15) is 26.7 Å². The zero-order valence-corrected chi connectivity index (χ0v) is 8.25. The molecule has 3 atom stereocenters. The highest BCUT2D eigenvalue weighted by Gasteiger charge is 2.21. The van der Waals surface area contributed by atoms with E-state index in [-0.39, 0.29) is 18.1 Å². The van der Waals surface area contributed by atoms with Gasteiger partial charge in [-0.2, -0.15) is 0 Å². The standard InChI is InChI=1S/C9H18N2O2/c1-6-5-8(3-4-13-6)11-7(2)9(10)12/h6-8,11H,3-5H2,1-2H3,(H2,10,12). The number of nitrogens with one attached hydrogen (secondary N) is 1. The summed E-state index contributed by atoms with van der Waals surface area (Å²) < 4.78 is 5.39. The van der Waals surface area contributed by atoms with Crippen LogP contribution >= 0.6 is 0 Å². The Morgan fingerprint density at radius 3 is 2.92 bits per heavy atom. The Labute approximate surface area is 78.8 Å². The molecule has 1 rings (SSSR count). The highest BCUT2D eigenvalue weighted by atomic mass is 16.5. The summed E-state index contributed by atoms with van der Waals surface area (Å²) in [5.41, 5.74) is 5.16. The van der Waals surface area contributed by atoms with Crippen LogP contribution in [0.3, 0.4) is 0 Å². The summed E-state index contributed by atoms with van der Waals surface area (Å²) in [5, 5.41) is 3.19. The lowest BCUT2D eigenvalue weighted by molar-refractivity contribution is -0.120. The molecule has 0 aromatic rings. The average molecular weight is 186 g/mol. The molecule has 1 aliphatic rings. The van der Waals surface area contributed by atoms with Gasteiger partial charge in [-0.3, -0.25) is 4.79 Å². The molecule has 13 heavy (non-hydrogen) atoms. The molecule has 4 heteroatoms. The summed E-state index contributed by atoms with van der Waals surface area (Å²) in [4.78, 5) is 10.8. The lowest BCUT2D eigenvalue weighted by Crippen LogP contribution is -2.47. The van der Waals surface area contributed by atoms with Crippen LogP contribution in [0.2, 0.25) is 0 Å². The molecule has 0 aliphatic carbocycles. The van der Waals surface area contributed by atoms with Crippen molar-refractivity contribution >= 4 is 5.91 Å². The van der Waals surface area contributed by atoms with Gasteiger partial charge >= 0.3 is 0 Å². The molecule has 1 amide bonds.